The molecule has 2 heterocycles. The molecule has 120 valence electrons. The number of furan rings is 1. The van der Waals surface area contributed by atoms with Gasteiger partial charge in [0.15, 0.2) is 5.69 Å². The molecular weight excluding hydrogens is 316 g/mol. The zero-order chi connectivity index (χ0) is 17.8. The summed E-state index contributed by atoms with van der Waals surface area (Å²) in [7, 11) is 0. The van der Waals surface area contributed by atoms with E-state index >= 15 is 0 Å². The van der Waals surface area contributed by atoms with Crippen LogP contribution in [0.25, 0.3) is 17.8 Å². The second kappa shape index (κ2) is 6.69. The molecule has 0 radical (unpaired) electrons. The van der Waals surface area contributed by atoms with Crippen molar-refractivity contribution in [3.8, 4) is 17.8 Å². The zero-order valence-corrected chi connectivity index (χ0v) is 13.3. The number of nitrogens with zero attached hydrogens (tertiary/aromatic N) is 4. The Balaban J connectivity index is 2.20. The van der Waals surface area contributed by atoms with Crippen molar-refractivity contribution >= 4 is 12.2 Å². The molecule has 0 amide bonds. The van der Waals surface area contributed by atoms with Crippen LogP contribution in [0.2, 0.25) is 0 Å². The van der Waals surface area contributed by atoms with Crippen LogP contribution in [0.3, 0.4) is 0 Å². The van der Waals surface area contributed by atoms with Crippen LogP contribution in [0.4, 0.5) is 0 Å². The summed E-state index contributed by atoms with van der Waals surface area (Å²) in [6, 6.07) is 14.3. The minimum Gasteiger partial charge on any atom is -0.465 e. The van der Waals surface area contributed by atoms with Gasteiger partial charge in [-0.2, -0.15) is 20.3 Å². The largest absolute Gasteiger partial charge is 0.465 e. The molecule has 25 heavy (non-hydrogen) atoms. The summed E-state index contributed by atoms with van der Waals surface area (Å²) in [5, 5.41) is 23.0. The van der Waals surface area contributed by atoms with E-state index in [1.165, 1.54) is 12.3 Å². The monoisotopic (exact) mass is 328 g/mol. The van der Waals surface area contributed by atoms with Gasteiger partial charge in [-0.3, -0.25) is 4.79 Å². The van der Waals surface area contributed by atoms with E-state index < -0.39 is 5.56 Å². The predicted octanol–water partition coefficient (Wildman–Crippen LogP) is 3.05. The molecule has 0 bridgehead atoms. The Bertz CT molecular complexity index is 1080. The van der Waals surface area contributed by atoms with E-state index in [9.17, 15) is 15.3 Å². The molecule has 0 aliphatic rings. The van der Waals surface area contributed by atoms with Gasteiger partial charge >= 0.3 is 0 Å². The highest BCUT2D eigenvalue weighted by atomic mass is 16.3. The van der Waals surface area contributed by atoms with E-state index in [0.717, 1.165) is 10.2 Å². The van der Waals surface area contributed by atoms with E-state index in [4.69, 9.17) is 4.42 Å². The van der Waals surface area contributed by atoms with Gasteiger partial charge in [0.05, 0.1) is 12.0 Å². The van der Waals surface area contributed by atoms with Crippen molar-refractivity contribution in [3.05, 3.63) is 81.2 Å². The quantitative estimate of drug-likeness (QED) is 0.736. The van der Waals surface area contributed by atoms with Crippen molar-refractivity contribution < 1.29 is 4.42 Å². The Kier molecular flexibility index (Phi) is 4.28. The highest BCUT2D eigenvalue weighted by Crippen LogP contribution is 2.15. The smallest absolute Gasteiger partial charge is 0.290 e. The van der Waals surface area contributed by atoms with Gasteiger partial charge in [-0.25, -0.2) is 0 Å². The minimum atomic E-state index is -0.579. The zero-order valence-electron chi connectivity index (χ0n) is 13.3. The van der Waals surface area contributed by atoms with Crippen LogP contribution in [-0.4, -0.2) is 9.78 Å². The molecule has 0 aliphatic carbocycles. The maximum Gasteiger partial charge on any atom is 0.290 e. The fourth-order valence-corrected chi connectivity index (χ4v) is 2.30. The average molecular weight is 328 g/mol. The molecule has 6 heteroatoms. The molecule has 6 nitrogen and oxygen atoms in total. The first-order valence-electron chi connectivity index (χ1n) is 7.40. The average Bonchev–Trinajstić information content (AvgIpc) is 3.14. The maximum absolute atomic E-state index is 12.6. The standard InChI is InChI=1S/C19H12N4O2/c1-13-4-6-14(7-5-13)23-19(24)17(11-20)16(18(12-21)22-23)9-8-15-3-2-10-25-15/h2-10H,1H3. The Hall–Kier alpha value is -3.90. The van der Waals surface area contributed by atoms with E-state index in [2.05, 4.69) is 5.10 Å². The number of rotatable bonds is 3. The third-order valence-electron chi connectivity index (χ3n) is 3.58. The first-order chi connectivity index (χ1) is 12.1. The summed E-state index contributed by atoms with van der Waals surface area (Å²) in [4.78, 5) is 12.6. The lowest BCUT2D eigenvalue weighted by atomic mass is 10.1. The molecule has 0 saturated carbocycles. The number of aryl methyl sites for hydroxylation is 1. The molecule has 3 rings (SSSR count). The number of benzene rings is 1. The third kappa shape index (κ3) is 3.10. The molecule has 0 fully saturated rings. The highest BCUT2D eigenvalue weighted by Gasteiger charge is 2.16. The lowest BCUT2D eigenvalue weighted by molar-refractivity contribution is 0.557. The Morgan fingerprint density at radius 1 is 1.12 bits per heavy atom. The van der Waals surface area contributed by atoms with Crippen molar-refractivity contribution in [3.63, 3.8) is 0 Å². The summed E-state index contributed by atoms with van der Waals surface area (Å²) in [5.74, 6) is 0.537. The highest BCUT2D eigenvalue weighted by molar-refractivity contribution is 5.73. The van der Waals surface area contributed by atoms with Crippen LogP contribution < -0.4 is 5.56 Å². The summed E-state index contributed by atoms with van der Waals surface area (Å²) in [6.45, 7) is 1.92. The van der Waals surface area contributed by atoms with Crippen LogP contribution in [0.1, 0.15) is 28.1 Å². The Morgan fingerprint density at radius 3 is 2.48 bits per heavy atom. The van der Waals surface area contributed by atoms with Crippen molar-refractivity contribution in [2.24, 2.45) is 0 Å². The van der Waals surface area contributed by atoms with Gasteiger partial charge in [0.25, 0.3) is 5.56 Å². The van der Waals surface area contributed by atoms with Crippen molar-refractivity contribution in [1.29, 1.82) is 10.5 Å². The SMILES string of the molecule is Cc1ccc(-n2nc(C#N)c(C=Cc3ccco3)c(C#N)c2=O)cc1. The Morgan fingerprint density at radius 2 is 1.88 bits per heavy atom. The summed E-state index contributed by atoms with van der Waals surface area (Å²) >= 11 is 0. The molecule has 1 aromatic carbocycles. The van der Waals surface area contributed by atoms with Crippen LogP contribution >= 0.6 is 0 Å². The first kappa shape index (κ1) is 16.0. The second-order valence-corrected chi connectivity index (χ2v) is 5.26. The van der Waals surface area contributed by atoms with Crippen molar-refractivity contribution in [2.45, 2.75) is 6.92 Å². The first-order valence-corrected chi connectivity index (χ1v) is 7.40. The molecule has 2 aromatic heterocycles. The van der Waals surface area contributed by atoms with Crippen molar-refractivity contribution in [2.75, 3.05) is 0 Å². The number of hydrogen-bond donors (Lipinski definition) is 0. The predicted molar refractivity (Wildman–Crippen MR) is 91.6 cm³/mol. The molecule has 0 saturated heterocycles. The van der Waals surface area contributed by atoms with E-state index in [1.807, 2.05) is 31.2 Å². The van der Waals surface area contributed by atoms with E-state index in [1.54, 1.807) is 30.3 Å². The van der Waals surface area contributed by atoms with E-state index in [-0.39, 0.29) is 16.8 Å². The fraction of sp³-hybridized carbons (Fsp3) is 0.0526. The van der Waals surface area contributed by atoms with E-state index in [0.29, 0.717) is 11.4 Å². The Labute approximate surface area is 143 Å². The molecular formula is C19H12N4O2. The van der Waals surface area contributed by atoms with Crippen molar-refractivity contribution in [1.82, 2.24) is 9.78 Å². The number of nitriles is 2. The van der Waals surface area contributed by atoms with Crippen LogP contribution in [0, 0.1) is 29.6 Å². The molecule has 3 aromatic rings. The van der Waals surface area contributed by atoms with Gasteiger partial charge in [0, 0.05) is 5.56 Å². The summed E-state index contributed by atoms with van der Waals surface area (Å²) in [6.07, 6.45) is 4.57. The second-order valence-electron chi connectivity index (χ2n) is 5.26. The molecule has 0 unspecified atom stereocenters. The maximum atomic E-state index is 12.6. The van der Waals surface area contributed by atoms with Gasteiger partial charge in [-0.05, 0) is 43.3 Å². The third-order valence-corrected chi connectivity index (χ3v) is 3.58. The minimum absolute atomic E-state index is 0.0143. The normalized spacial score (nSPS) is 10.5. The van der Waals surface area contributed by atoms with Crippen LogP contribution in [0.5, 0.6) is 0 Å². The lowest BCUT2D eigenvalue weighted by Gasteiger charge is -2.08. The number of hydrogen-bond acceptors (Lipinski definition) is 5. The molecule has 0 aliphatic heterocycles. The lowest BCUT2D eigenvalue weighted by Crippen LogP contribution is -2.26. The fourth-order valence-electron chi connectivity index (χ4n) is 2.30. The summed E-state index contributed by atoms with van der Waals surface area (Å²) < 4.78 is 6.25. The molecule has 0 N–H and O–H groups in total. The molecule has 0 spiro atoms. The van der Waals surface area contributed by atoms with Gasteiger partial charge in [-0.1, -0.05) is 17.7 Å². The van der Waals surface area contributed by atoms with Gasteiger partial charge < -0.3 is 4.42 Å². The van der Waals surface area contributed by atoms with Gasteiger partial charge in [0.1, 0.15) is 23.5 Å². The number of aromatic nitrogens is 2. The van der Waals surface area contributed by atoms with Gasteiger partial charge in [-0.15, -0.1) is 0 Å². The molecule has 0 atom stereocenters. The van der Waals surface area contributed by atoms with Crippen LogP contribution in [-0.2, 0) is 0 Å². The van der Waals surface area contributed by atoms with Gasteiger partial charge in [0.2, 0.25) is 0 Å². The van der Waals surface area contributed by atoms with Crippen LogP contribution in [0.15, 0.2) is 51.9 Å². The topological polar surface area (TPSA) is 95.6 Å². The summed E-state index contributed by atoms with van der Waals surface area (Å²) in [5.41, 5.74) is 0.953.